The van der Waals surface area contributed by atoms with Gasteiger partial charge in [-0.15, -0.1) is 0 Å². The summed E-state index contributed by atoms with van der Waals surface area (Å²) in [6.07, 6.45) is 3.01. The smallest absolute Gasteiger partial charge is 0.295 e. The molecule has 1 N–H and O–H groups in total. The molecular formula is C21H21NO5. The number of aliphatic hydroxyl groups excluding tert-OH is 1. The van der Waals surface area contributed by atoms with E-state index in [-0.39, 0.29) is 17.4 Å². The molecule has 0 radical (unpaired) electrons. The van der Waals surface area contributed by atoms with Gasteiger partial charge in [0.25, 0.3) is 11.7 Å². The zero-order valence-electron chi connectivity index (χ0n) is 15.3. The molecule has 6 nitrogen and oxygen atoms in total. The first kappa shape index (κ1) is 17.4. The van der Waals surface area contributed by atoms with Crippen molar-refractivity contribution >= 4 is 17.4 Å². The zero-order chi connectivity index (χ0) is 19.1. The molecule has 2 aromatic rings. The second kappa shape index (κ2) is 6.61. The van der Waals surface area contributed by atoms with Gasteiger partial charge in [-0.3, -0.25) is 9.59 Å². The van der Waals surface area contributed by atoms with Gasteiger partial charge in [-0.2, -0.15) is 0 Å². The summed E-state index contributed by atoms with van der Waals surface area (Å²) in [6, 6.07) is 8.01. The first-order valence-corrected chi connectivity index (χ1v) is 9.13. The maximum Gasteiger partial charge on any atom is 0.295 e. The van der Waals surface area contributed by atoms with Crippen molar-refractivity contribution in [1.29, 1.82) is 0 Å². The van der Waals surface area contributed by atoms with Crippen LogP contribution in [-0.2, 0) is 16.0 Å². The van der Waals surface area contributed by atoms with Crippen molar-refractivity contribution in [2.45, 2.75) is 38.8 Å². The lowest BCUT2D eigenvalue weighted by Crippen LogP contribution is -2.30. The van der Waals surface area contributed by atoms with Crippen LogP contribution in [0.25, 0.3) is 5.76 Å². The molecule has 2 aliphatic heterocycles. The van der Waals surface area contributed by atoms with Crippen LogP contribution in [0.2, 0.25) is 0 Å². The molecule has 2 aliphatic rings. The summed E-state index contributed by atoms with van der Waals surface area (Å²) in [7, 11) is 0. The van der Waals surface area contributed by atoms with Crippen LogP contribution in [0.4, 0.5) is 0 Å². The number of hydrogen-bond acceptors (Lipinski definition) is 5. The fraction of sp³-hybridized carbons (Fsp3) is 0.333. The number of Topliss-reactive ketones (excluding diaryl/α,β-unsaturated/α-hetero) is 1. The molecule has 1 aromatic carbocycles. The van der Waals surface area contributed by atoms with Crippen molar-refractivity contribution in [2.24, 2.45) is 0 Å². The number of amides is 1. The minimum Gasteiger partial charge on any atom is -0.507 e. The molecule has 4 rings (SSSR count). The van der Waals surface area contributed by atoms with E-state index in [2.05, 4.69) is 0 Å². The Kier molecular flexibility index (Phi) is 4.26. The molecule has 6 heteroatoms. The van der Waals surface area contributed by atoms with E-state index in [1.54, 1.807) is 24.3 Å². The number of fused-ring (bicyclic) bond motifs is 1. The Labute approximate surface area is 157 Å². The average Bonchev–Trinajstić information content (AvgIpc) is 3.35. The summed E-state index contributed by atoms with van der Waals surface area (Å²) in [5.41, 5.74) is 1.54. The van der Waals surface area contributed by atoms with Crippen LogP contribution >= 0.6 is 0 Å². The van der Waals surface area contributed by atoms with E-state index in [0.717, 1.165) is 17.7 Å². The predicted octanol–water partition coefficient (Wildman–Crippen LogP) is 3.43. The lowest BCUT2D eigenvalue weighted by Gasteiger charge is -2.22. The quantitative estimate of drug-likeness (QED) is 0.509. The molecule has 140 valence electrons. The van der Waals surface area contributed by atoms with Gasteiger partial charge in [0.1, 0.15) is 29.4 Å². The number of benzene rings is 1. The first-order valence-electron chi connectivity index (χ1n) is 9.13. The Balaban J connectivity index is 1.83. The van der Waals surface area contributed by atoms with Crippen molar-refractivity contribution < 1.29 is 23.8 Å². The van der Waals surface area contributed by atoms with Crippen LogP contribution in [0.5, 0.6) is 5.75 Å². The monoisotopic (exact) mass is 367 g/mol. The fourth-order valence-corrected chi connectivity index (χ4v) is 3.82. The standard InChI is InChI=1S/C21H21NO5/c1-3-8-22-18(16-5-4-9-26-16)17(20(24)21(22)25)19(23)13-6-7-15-14(11-13)10-12(2)27-15/h4-7,9,11-12,18,23H,3,8,10H2,1-2H3/b19-17-. The average molecular weight is 367 g/mol. The number of carbonyl (C=O) groups is 2. The number of carbonyl (C=O) groups excluding carboxylic acids is 2. The number of ketones is 1. The minimum atomic E-state index is -0.719. The summed E-state index contributed by atoms with van der Waals surface area (Å²) < 4.78 is 11.2. The maximum atomic E-state index is 12.7. The van der Waals surface area contributed by atoms with E-state index < -0.39 is 17.7 Å². The molecule has 3 heterocycles. The molecule has 27 heavy (non-hydrogen) atoms. The van der Waals surface area contributed by atoms with Gasteiger partial charge >= 0.3 is 0 Å². The summed E-state index contributed by atoms with van der Waals surface area (Å²) >= 11 is 0. The zero-order valence-corrected chi connectivity index (χ0v) is 15.3. The molecule has 1 amide bonds. The topological polar surface area (TPSA) is 80.0 Å². The highest BCUT2D eigenvalue weighted by Gasteiger charge is 2.47. The SMILES string of the molecule is CCCN1C(=O)C(=O)/C(=C(\O)c2ccc3c(c2)CC(C)O3)C1c1ccco1. The van der Waals surface area contributed by atoms with Gasteiger partial charge < -0.3 is 19.2 Å². The number of furan rings is 1. The van der Waals surface area contributed by atoms with Gasteiger partial charge in [0.05, 0.1) is 11.8 Å². The number of rotatable bonds is 4. The number of likely N-dealkylation sites (tertiary alicyclic amines) is 1. The highest BCUT2D eigenvalue weighted by molar-refractivity contribution is 6.46. The second-order valence-electron chi connectivity index (χ2n) is 6.96. The molecule has 2 unspecified atom stereocenters. The van der Waals surface area contributed by atoms with E-state index >= 15 is 0 Å². The summed E-state index contributed by atoms with van der Waals surface area (Å²) in [5.74, 6) is -0.239. The highest BCUT2D eigenvalue weighted by atomic mass is 16.5. The third-order valence-electron chi connectivity index (χ3n) is 4.99. The molecule has 1 aromatic heterocycles. The van der Waals surface area contributed by atoms with Crippen LogP contribution < -0.4 is 4.74 Å². The predicted molar refractivity (Wildman–Crippen MR) is 98.2 cm³/mol. The van der Waals surface area contributed by atoms with Gasteiger partial charge in [0, 0.05) is 18.5 Å². The number of aliphatic hydroxyl groups is 1. The Hall–Kier alpha value is -3.02. The van der Waals surface area contributed by atoms with Crippen molar-refractivity contribution in [2.75, 3.05) is 6.54 Å². The Bertz CT molecular complexity index is 928. The number of nitrogens with zero attached hydrogens (tertiary/aromatic N) is 1. The molecule has 1 fully saturated rings. The third kappa shape index (κ3) is 2.81. The van der Waals surface area contributed by atoms with Crippen LogP contribution in [0, 0.1) is 0 Å². The molecule has 0 spiro atoms. The largest absolute Gasteiger partial charge is 0.507 e. The van der Waals surface area contributed by atoms with Crippen molar-refractivity contribution in [1.82, 2.24) is 4.90 Å². The van der Waals surface area contributed by atoms with E-state index in [1.165, 1.54) is 11.2 Å². The first-order chi connectivity index (χ1) is 13.0. The van der Waals surface area contributed by atoms with Crippen molar-refractivity contribution in [3.05, 3.63) is 59.1 Å². The fourth-order valence-electron chi connectivity index (χ4n) is 3.82. The third-order valence-corrected chi connectivity index (χ3v) is 4.99. The van der Waals surface area contributed by atoms with E-state index in [9.17, 15) is 14.7 Å². The summed E-state index contributed by atoms with van der Waals surface area (Å²) in [5, 5.41) is 11.0. The van der Waals surface area contributed by atoms with Crippen molar-refractivity contribution in [3.63, 3.8) is 0 Å². The number of ether oxygens (including phenoxy) is 1. The highest BCUT2D eigenvalue weighted by Crippen LogP contribution is 2.40. The van der Waals surface area contributed by atoms with Crippen LogP contribution in [0.15, 0.2) is 46.6 Å². The number of hydrogen-bond donors (Lipinski definition) is 1. The Morgan fingerprint density at radius 1 is 1.30 bits per heavy atom. The molecule has 1 saturated heterocycles. The van der Waals surface area contributed by atoms with Gasteiger partial charge in [0.2, 0.25) is 0 Å². The van der Waals surface area contributed by atoms with Crippen LogP contribution in [-0.4, -0.2) is 34.3 Å². The second-order valence-corrected chi connectivity index (χ2v) is 6.96. The van der Waals surface area contributed by atoms with Crippen molar-refractivity contribution in [3.8, 4) is 5.75 Å². The molecule has 0 aliphatic carbocycles. The maximum absolute atomic E-state index is 12.7. The molecule has 2 atom stereocenters. The molecule has 0 saturated carbocycles. The van der Waals surface area contributed by atoms with Gasteiger partial charge in [-0.25, -0.2) is 0 Å². The molecule has 0 bridgehead atoms. The molecular weight excluding hydrogens is 346 g/mol. The lowest BCUT2D eigenvalue weighted by atomic mass is 9.97. The van der Waals surface area contributed by atoms with Crippen LogP contribution in [0.3, 0.4) is 0 Å². The minimum absolute atomic E-state index is 0.0651. The Morgan fingerprint density at radius 3 is 2.81 bits per heavy atom. The van der Waals surface area contributed by atoms with E-state index in [4.69, 9.17) is 9.15 Å². The van der Waals surface area contributed by atoms with E-state index in [1.807, 2.05) is 19.9 Å². The Morgan fingerprint density at radius 2 is 2.11 bits per heavy atom. The van der Waals surface area contributed by atoms with Crippen LogP contribution in [0.1, 0.15) is 43.2 Å². The van der Waals surface area contributed by atoms with Gasteiger partial charge in [0.15, 0.2) is 0 Å². The lowest BCUT2D eigenvalue weighted by molar-refractivity contribution is -0.140. The summed E-state index contributed by atoms with van der Waals surface area (Å²) in [6.45, 7) is 4.31. The van der Waals surface area contributed by atoms with Gasteiger partial charge in [-0.05, 0) is 49.2 Å². The van der Waals surface area contributed by atoms with E-state index in [0.29, 0.717) is 24.3 Å². The summed E-state index contributed by atoms with van der Waals surface area (Å²) in [4.78, 5) is 26.7. The normalized spacial score (nSPS) is 23.6. The van der Waals surface area contributed by atoms with Gasteiger partial charge in [-0.1, -0.05) is 6.92 Å².